The van der Waals surface area contributed by atoms with E-state index < -0.39 is 5.97 Å². The third kappa shape index (κ3) is 2.97. The summed E-state index contributed by atoms with van der Waals surface area (Å²) in [4.78, 5) is 10.9. The Morgan fingerprint density at radius 1 is 1.38 bits per heavy atom. The molecule has 1 fully saturated rings. The van der Waals surface area contributed by atoms with Gasteiger partial charge in [0.2, 0.25) is 0 Å². The van der Waals surface area contributed by atoms with Crippen molar-refractivity contribution in [1.29, 1.82) is 0 Å². The lowest BCUT2D eigenvalue weighted by Crippen LogP contribution is -2.52. The standard InChI is InChI=1S/C13H24O3/c1-6-10-9(7-11(14)15)8-12(2,3)16-13(10,4)5/h9-10H,6-8H2,1-5H3,(H,14,15). The molecule has 2 atom stereocenters. The van der Waals surface area contributed by atoms with Crippen LogP contribution < -0.4 is 0 Å². The minimum Gasteiger partial charge on any atom is -0.481 e. The lowest BCUT2D eigenvalue weighted by Gasteiger charge is -2.50. The van der Waals surface area contributed by atoms with Gasteiger partial charge in [-0.25, -0.2) is 0 Å². The quantitative estimate of drug-likeness (QED) is 0.807. The summed E-state index contributed by atoms with van der Waals surface area (Å²) in [5.41, 5.74) is -0.439. The molecule has 0 amide bonds. The fourth-order valence-electron chi connectivity index (χ4n) is 3.43. The van der Waals surface area contributed by atoms with Crippen LogP contribution >= 0.6 is 0 Å². The molecule has 1 aliphatic heterocycles. The van der Waals surface area contributed by atoms with Gasteiger partial charge in [0.25, 0.3) is 0 Å². The highest BCUT2D eigenvalue weighted by Gasteiger charge is 2.46. The second kappa shape index (κ2) is 4.36. The average Bonchev–Trinajstić information content (AvgIpc) is 1.97. The van der Waals surface area contributed by atoms with Crippen molar-refractivity contribution in [3.8, 4) is 0 Å². The van der Waals surface area contributed by atoms with Crippen LogP contribution in [-0.2, 0) is 9.53 Å². The maximum atomic E-state index is 10.9. The lowest BCUT2D eigenvalue weighted by molar-refractivity contribution is -0.208. The SMILES string of the molecule is CCC1C(CC(=O)O)CC(C)(C)OC1(C)C. The molecule has 0 aromatic heterocycles. The zero-order valence-corrected chi connectivity index (χ0v) is 11.0. The van der Waals surface area contributed by atoms with Crippen molar-refractivity contribution in [3.63, 3.8) is 0 Å². The van der Waals surface area contributed by atoms with E-state index in [1.807, 2.05) is 0 Å². The summed E-state index contributed by atoms with van der Waals surface area (Å²) in [6.45, 7) is 10.4. The van der Waals surface area contributed by atoms with Crippen LogP contribution in [0, 0.1) is 11.8 Å². The fraction of sp³-hybridized carbons (Fsp3) is 0.923. The van der Waals surface area contributed by atoms with Crippen molar-refractivity contribution >= 4 is 5.97 Å². The Morgan fingerprint density at radius 2 is 1.94 bits per heavy atom. The van der Waals surface area contributed by atoms with Gasteiger partial charge in [-0.2, -0.15) is 0 Å². The third-order valence-corrected chi connectivity index (χ3v) is 3.63. The van der Waals surface area contributed by atoms with Crippen LogP contribution in [0.3, 0.4) is 0 Å². The molecule has 3 nitrogen and oxygen atoms in total. The van der Waals surface area contributed by atoms with E-state index in [4.69, 9.17) is 9.84 Å². The number of hydrogen-bond donors (Lipinski definition) is 1. The van der Waals surface area contributed by atoms with Gasteiger partial charge in [-0.3, -0.25) is 4.79 Å². The molecule has 16 heavy (non-hydrogen) atoms. The molecule has 94 valence electrons. The molecule has 0 saturated carbocycles. The minimum atomic E-state index is -0.697. The Kier molecular flexibility index (Phi) is 3.68. The maximum Gasteiger partial charge on any atom is 0.303 e. The number of aliphatic carboxylic acids is 1. The first kappa shape index (κ1) is 13.5. The predicted octanol–water partition coefficient (Wildman–Crippen LogP) is 3.08. The van der Waals surface area contributed by atoms with E-state index in [1.165, 1.54) is 0 Å². The fourth-order valence-corrected chi connectivity index (χ4v) is 3.43. The smallest absolute Gasteiger partial charge is 0.303 e. The van der Waals surface area contributed by atoms with E-state index in [2.05, 4.69) is 34.6 Å². The molecule has 1 aliphatic rings. The number of ether oxygens (including phenoxy) is 1. The van der Waals surface area contributed by atoms with Crippen molar-refractivity contribution in [3.05, 3.63) is 0 Å². The highest BCUT2D eigenvalue weighted by atomic mass is 16.5. The van der Waals surface area contributed by atoms with Crippen LogP contribution in [-0.4, -0.2) is 22.3 Å². The molecule has 1 rings (SSSR count). The summed E-state index contributed by atoms with van der Waals surface area (Å²) in [6.07, 6.45) is 2.07. The van der Waals surface area contributed by atoms with E-state index in [0.717, 1.165) is 12.8 Å². The highest BCUT2D eigenvalue weighted by molar-refractivity contribution is 5.67. The number of carboxylic acid groups (broad SMARTS) is 1. The van der Waals surface area contributed by atoms with Crippen LogP contribution in [0.15, 0.2) is 0 Å². The predicted molar refractivity (Wildman–Crippen MR) is 63.4 cm³/mol. The molecule has 2 unspecified atom stereocenters. The topological polar surface area (TPSA) is 46.5 Å². The molecule has 0 spiro atoms. The summed E-state index contributed by atoms with van der Waals surface area (Å²) in [5.74, 6) is -0.144. The first-order valence-corrected chi connectivity index (χ1v) is 6.10. The van der Waals surface area contributed by atoms with Crippen molar-refractivity contribution in [2.75, 3.05) is 0 Å². The van der Waals surface area contributed by atoms with E-state index in [9.17, 15) is 4.79 Å². The first-order valence-electron chi connectivity index (χ1n) is 6.10. The monoisotopic (exact) mass is 228 g/mol. The van der Waals surface area contributed by atoms with Crippen LogP contribution in [0.5, 0.6) is 0 Å². The van der Waals surface area contributed by atoms with Crippen molar-refractivity contribution in [2.24, 2.45) is 11.8 Å². The highest BCUT2D eigenvalue weighted by Crippen LogP contribution is 2.45. The maximum absolute atomic E-state index is 10.9. The molecule has 3 heteroatoms. The van der Waals surface area contributed by atoms with Gasteiger partial charge in [-0.05, 0) is 46.0 Å². The normalized spacial score (nSPS) is 32.3. The Balaban J connectivity index is 2.90. The van der Waals surface area contributed by atoms with Gasteiger partial charge in [-0.15, -0.1) is 0 Å². The van der Waals surface area contributed by atoms with Gasteiger partial charge < -0.3 is 9.84 Å². The van der Waals surface area contributed by atoms with Crippen LogP contribution in [0.4, 0.5) is 0 Å². The number of carboxylic acids is 1. The second-order valence-electron chi connectivity index (χ2n) is 6.04. The van der Waals surface area contributed by atoms with E-state index in [-0.39, 0.29) is 23.5 Å². The van der Waals surface area contributed by atoms with Gasteiger partial charge in [0.15, 0.2) is 0 Å². The summed E-state index contributed by atoms with van der Waals surface area (Å²) < 4.78 is 6.08. The molecule has 1 N–H and O–H groups in total. The summed E-state index contributed by atoms with van der Waals surface area (Å²) >= 11 is 0. The lowest BCUT2D eigenvalue weighted by atomic mass is 9.69. The van der Waals surface area contributed by atoms with Gasteiger partial charge in [0, 0.05) is 6.42 Å². The van der Waals surface area contributed by atoms with Gasteiger partial charge >= 0.3 is 5.97 Å². The largest absolute Gasteiger partial charge is 0.481 e. The molecule has 1 saturated heterocycles. The van der Waals surface area contributed by atoms with Crippen molar-refractivity contribution < 1.29 is 14.6 Å². The zero-order chi connectivity index (χ0) is 12.6. The molecule has 0 radical (unpaired) electrons. The first-order chi connectivity index (χ1) is 7.18. The molecule has 0 aromatic rings. The van der Waals surface area contributed by atoms with Crippen LogP contribution in [0.25, 0.3) is 0 Å². The molecule has 0 aromatic carbocycles. The van der Waals surface area contributed by atoms with Crippen molar-refractivity contribution in [1.82, 2.24) is 0 Å². The molecule has 1 heterocycles. The average molecular weight is 228 g/mol. The molecule has 0 aliphatic carbocycles. The Hall–Kier alpha value is -0.570. The summed E-state index contributed by atoms with van der Waals surface area (Å²) in [6, 6.07) is 0. The Bertz CT molecular complexity index is 268. The van der Waals surface area contributed by atoms with Gasteiger partial charge in [0.1, 0.15) is 0 Å². The van der Waals surface area contributed by atoms with Gasteiger partial charge in [-0.1, -0.05) is 13.3 Å². The number of carbonyl (C=O) groups is 1. The Morgan fingerprint density at radius 3 is 2.38 bits per heavy atom. The van der Waals surface area contributed by atoms with E-state index in [1.54, 1.807) is 0 Å². The van der Waals surface area contributed by atoms with Crippen LogP contribution in [0.2, 0.25) is 0 Å². The molecule has 0 bridgehead atoms. The van der Waals surface area contributed by atoms with Crippen LogP contribution in [0.1, 0.15) is 53.9 Å². The number of rotatable bonds is 3. The van der Waals surface area contributed by atoms with E-state index >= 15 is 0 Å². The second-order valence-corrected chi connectivity index (χ2v) is 6.04. The molecular formula is C13H24O3. The zero-order valence-electron chi connectivity index (χ0n) is 11.0. The van der Waals surface area contributed by atoms with Gasteiger partial charge in [0.05, 0.1) is 11.2 Å². The van der Waals surface area contributed by atoms with E-state index in [0.29, 0.717) is 5.92 Å². The molecular weight excluding hydrogens is 204 g/mol. The number of hydrogen-bond acceptors (Lipinski definition) is 2. The summed E-state index contributed by atoms with van der Waals surface area (Å²) in [7, 11) is 0. The minimum absolute atomic E-state index is 0.213. The Labute approximate surface area is 98.2 Å². The van der Waals surface area contributed by atoms with Crippen molar-refractivity contribution in [2.45, 2.75) is 65.1 Å². The summed E-state index contributed by atoms with van der Waals surface area (Å²) in [5, 5.41) is 8.98. The third-order valence-electron chi connectivity index (χ3n) is 3.63.